The van der Waals surface area contributed by atoms with Crippen LogP contribution in [-0.4, -0.2) is 41.3 Å². The zero-order valence-electron chi connectivity index (χ0n) is 11.1. The quantitative estimate of drug-likeness (QED) is 0.875. The molecule has 0 aliphatic carbocycles. The summed E-state index contributed by atoms with van der Waals surface area (Å²) in [6.45, 7) is -0.991. The number of carboxylic acid groups (broad SMARTS) is 1. The highest BCUT2D eigenvalue weighted by Crippen LogP contribution is 2.37. The van der Waals surface area contributed by atoms with Crippen molar-refractivity contribution in [1.29, 1.82) is 0 Å². The van der Waals surface area contributed by atoms with E-state index < -0.39 is 43.1 Å². The molecule has 0 saturated carbocycles. The fourth-order valence-corrected chi connectivity index (χ4v) is 3.30. The van der Waals surface area contributed by atoms with Gasteiger partial charge in [-0.25, -0.2) is 4.79 Å². The molecule has 2 atom stereocenters. The van der Waals surface area contributed by atoms with Crippen LogP contribution in [0.5, 0.6) is 0 Å². The fourth-order valence-electron chi connectivity index (χ4n) is 2.27. The first-order chi connectivity index (χ1) is 10.2. The van der Waals surface area contributed by atoms with Crippen LogP contribution in [0, 0.1) is 11.8 Å². The number of rotatable bonds is 3. The first-order valence-corrected chi connectivity index (χ1v) is 7.44. The maximum Gasteiger partial charge on any atom is 0.394 e. The molecule has 22 heavy (non-hydrogen) atoms. The summed E-state index contributed by atoms with van der Waals surface area (Å²) in [4.78, 5) is 24.5. The van der Waals surface area contributed by atoms with Gasteiger partial charge in [-0.3, -0.25) is 4.79 Å². The van der Waals surface area contributed by atoms with Gasteiger partial charge in [0.15, 0.2) is 0 Å². The number of carboxylic acids is 1. The molecular formula is C12H12ClF3N2O3S. The van der Waals surface area contributed by atoms with E-state index in [1.807, 2.05) is 0 Å². The summed E-state index contributed by atoms with van der Waals surface area (Å²) >= 11 is 6.97. The number of amides is 2. The van der Waals surface area contributed by atoms with E-state index in [2.05, 4.69) is 5.32 Å². The van der Waals surface area contributed by atoms with E-state index in [1.54, 1.807) is 12.1 Å². The lowest BCUT2D eigenvalue weighted by Crippen LogP contribution is -2.39. The van der Waals surface area contributed by atoms with E-state index in [4.69, 9.17) is 16.7 Å². The lowest BCUT2D eigenvalue weighted by Gasteiger charge is -2.18. The Kier molecular flexibility index (Phi) is 4.86. The monoisotopic (exact) mass is 356 g/mol. The summed E-state index contributed by atoms with van der Waals surface area (Å²) in [5.74, 6) is -5.24. The summed E-state index contributed by atoms with van der Waals surface area (Å²) < 4.78 is 39.0. The molecule has 1 aliphatic heterocycles. The molecule has 0 spiro atoms. The molecule has 5 nitrogen and oxygen atoms in total. The van der Waals surface area contributed by atoms with E-state index in [0.29, 0.717) is 4.34 Å². The van der Waals surface area contributed by atoms with Gasteiger partial charge in [0.25, 0.3) is 0 Å². The molecule has 0 bridgehead atoms. The fraction of sp³-hybridized carbons (Fsp3) is 0.500. The number of nitrogens with zero attached hydrogens (tertiary/aromatic N) is 1. The van der Waals surface area contributed by atoms with E-state index in [1.165, 1.54) is 11.3 Å². The Labute approximate surface area is 132 Å². The highest BCUT2D eigenvalue weighted by atomic mass is 35.5. The summed E-state index contributed by atoms with van der Waals surface area (Å²) in [6, 6.07) is 2.61. The second-order valence-corrected chi connectivity index (χ2v) is 6.66. The van der Waals surface area contributed by atoms with Gasteiger partial charge in [0.2, 0.25) is 0 Å². The van der Waals surface area contributed by atoms with Gasteiger partial charge >= 0.3 is 18.2 Å². The number of carbonyl (C=O) groups excluding carboxylic acids is 1. The Hall–Kier alpha value is -1.48. The molecule has 122 valence electrons. The van der Waals surface area contributed by atoms with Crippen LogP contribution < -0.4 is 5.32 Å². The van der Waals surface area contributed by atoms with Crippen LogP contribution in [0.1, 0.15) is 4.88 Å². The number of likely N-dealkylation sites (tertiary alicyclic amines) is 1. The molecule has 2 heterocycles. The van der Waals surface area contributed by atoms with Crippen LogP contribution in [0.4, 0.5) is 18.0 Å². The molecule has 0 unspecified atom stereocenters. The molecule has 2 rings (SSSR count). The predicted molar refractivity (Wildman–Crippen MR) is 73.8 cm³/mol. The van der Waals surface area contributed by atoms with Crippen molar-refractivity contribution in [1.82, 2.24) is 10.2 Å². The smallest absolute Gasteiger partial charge is 0.394 e. The molecule has 1 aromatic heterocycles. The maximum atomic E-state index is 12.8. The number of aliphatic carboxylic acids is 1. The van der Waals surface area contributed by atoms with Gasteiger partial charge in [0, 0.05) is 18.0 Å². The van der Waals surface area contributed by atoms with Crippen LogP contribution in [0.3, 0.4) is 0 Å². The average Bonchev–Trinajstić information content (AvgIpc) is 3.01. The van der Waals surface area contributed by atoms with Gasteiger partial charge < -0.3 is 15.3 Å². The topological polar surface area (TPSA) is 69.6 Å². The molecule has 1 aliphatic rings. The van der Waals surface area contributed by atoms with Gasteiger partial charge in [-0.05, 0) is 12.1 Å². The summed E-state index contributed by atoms with van der Waals surface area (Å²) in [5, 5.41) is 11.4. The summed E-state index contributed by atoms with van der Waals surface area (Å²) in [7, 11) is 0. The standard InChI is InChI=1S/C12H12ClF3N2O3S/c13-9-2-1-6(22-9)3-17-11(21)18-4-7(10(19)20)8(5-18)12(14,15)16/h1-2,7-8H,3-5H2,(H,17,21)(H,19,20)/t7-,8-/m1/s1. The second-order valence-electron chi connectivity index (χ2n) is 4.86. The number of hydrogen-bond acceptors (Lipinski definition) is 3. The first-order valence-electron chi connectivity index (χ1n) is 6.25. The largest absolute Gasteiger partial charge is 0.481 e. The Morgan fingerprint density at radius 1 is 1.41 bits per heavy atom. The van der Waals surface area contributed by atoms with E-state index in [9.17, 15) is 22.8 Å². The Morgan fingerprint density at radius 2 is 2.09 bits per heavy atom. The number of hydrogen-bond donors (Lipinski definition) is 2. The van der Waals surface area contributed by atoms with Gasteiger partial charge in [0.1, 0.15) is 0 Å². The molecule has 2 amide bonds. The van der Waals surface area contributed by atoms with Crippen molar-refractivity contribution in [2.75, 3.05) is 13.1 Å². The normalized spacial score (nSPS) is 21.9. The van der Waals surface area contributed by atoms with E-state index >= 15 is 0 Å². The lowest BCUT2D eigenvalue weighted by atomic mass is 9.96. The zero-order chi connectivity index (χ0) is 16.5. The van der Waals surface area contributed by atoms with Crippen molar-refractivity contribution in [3.8, 4) is 0 Å². The Bertz CT molecular complexity index is 578. The zero-order valence-corrected chi connectivity index (χ0v) is 12.6. The minimum atomic E-state index is -4.65. The number of thiophene rings is 1. The minimum Gasteiger partial charge on any atom is -0.481 e. The third-order valence-electron chi connectivity index (χ3n) is 3.39. The molecule has 2 N–H and O–H groups in total. The number of carbonyl (C=O) groups is 2. The highest BCUT2D eigenvalue weighted by Gasteiger charge is 2.53. The number of halogens is 4. The minimum absolute atomic E-state index is 0.126. The van der Waals surface area contributed by atoms with Crippen molar-refractivity contribution >= 4 is 34.9 Å². The number of urea groups is 1. The summed E-state index contributed by atoms with van der Waals surface area (Å²) in [5.41, 5.74) is 0. The van der Waals surface area contributed by atoms with Gasteiger partial charge in [0.05, 0.1) is 22.7 Å². The molecule has 1 fully saturated rings. The third-order valence-corrected chi connectivity index (χ3v) is 4.62. The number of alkyl halides is 3. The average molecular weight is 357 g/mol. The van der Waals surface area contributed by atoms with Crippen LogP contribution >= 0.6 is 22.9 Å². The van der Waals surface area contributed by atoms with Crippen molar-refractivity contribution in [2.45, 2.75) is 12.7 Å². The van der Waals surface area contributed by atoms with Crippen molar-refractivity contribution in [2.24, 2.45) is 11.8 Å². The van der Waals surface area contributed by atoms with Crippen molar-refractivity contribution in [3.05, 3.63) is 21.3 Å². The molecule has 0 aromatic carbocycles. The SMILES string of the molecule is O=C(O)[C@@H]1CN(C(=O)NCc2ccc(Cl)s2)C[C@H]1C(F)(F)F. The van der Waals surface area contributed by atoms with Crippen molar-refractivity contribution in [3.63, 3.8) is 0 Å². The first kappa shape index (κ1) is 16.9. The molecular weight excluding hydrogens is 345 g/mol. The van der Waals surface area contributed by atoms with E-state index in [0.717, 1.165) is 9.78 Å². The lowest BCUT2D eigenvalue weighted by molar-refractivity contribution is -0.187. The van der Waals surface area contributed by atoms with Crippen LogP contribution in [-0.2, 0) is 11.3 Å². The third kappa shape index (κ3) is 3.83. The summed E-state index contributed by atoms with van der Waals surface area (Å²) in [6.07, 6.45) is -4.65. The predicted octanol–water partition coefficient (Wildman–Crippen LogP) is 2.81. The van der Waals surface area contributed by atoms with Gasteiger partial charge in [-0.15, -0.1) is 11.3 Å². The Balaban J connectivity index is 1.97. The van der Waals surface area contributed by atoms with Gasteiger partial charge in [-0.1, -0.05) is 11.6 Å². The van der Waals surface area contributed by atoms with Crippen LogP contribution in [0.15, 0.2) is 12.1 Å². The van der Waals surface area contributed by atoms with Crippen molar-refractivity contribution < 1.29 is 27.9 Å². The van der Waals surface area contributed by atoms with Gasteiger partial charge in [-0.2, -0.15) is 13.2 Å². The molecule has 1 saturated heterocycles. The molecule has 0 radical (unpaired) electrons. The van der Waals surface area contributed by atoms with Crippen LogP contribution in [0.2, 0.25) is 4.34 Å². The second kappa shape index (κ2) is 6.33. The van der Waals surface area contributed by atoms with E-state index in [-0.39, 0.29) is 6.54 Å². The maximum absolute atomic E-state index is 12.8. The molecule has 1 aromatic rings. The van der Waals surface area contributed by atoms with Crippen LogP contribution in [0.25, 0.3) is 0 Å². The number of nitrogens with one attached hydrogen (secondary N) is 1. The highest BCUT2D eigenvalue weighted by molar-refractivity contribution is 7.16. The molecule has 10 heteroatoms. The Morgan fingerprint density at radius 3 is 2.55 bits per heavy atom.